The van der Waals surface area contributed by atoms with Gasteiger partial charge in [0.2, 0.25) is 0 Å². The van der Waals surface area contributed by atoms with E-state index in [0.29, 0.717) is 0 Å². The molecule has 1 aromatic heterocycles. The highest BCUT2D eigenvalue weighted by Crippen LogP contribution is 2.26. The average Bonchev–Trinajstić information content (AvgIpc) is 2.39. The van der Waals surface area contributed by atoms with Gasteiger partial charge in [0, 0.05) is 13.1 Å². The van der Waals surface area contributed by atoms with Crippen LogP contribution >= 0.6 is 0 Å². The largest absolute Gasteiger partial charge is 0.355 e. The maximum atomic E-state index is 4.34. The molecular formula is C15H25N3. The smallest absolute Gasteiger partial charge is 0.151 e. The first-order valence-electron chi connectivity index (χ1n) is 7.26. The molecule has 1 fully saturated rings. The maximum Gasteiger partial charge on any atom is 0.151 e. The molecule has 0 aromatic carbocycles. The zero-order valence-corrected chi connectivity index (χ0v) is 11.9. The van der Waals surface area contributed by atoms with Gasteiger partial charge in [-0.25, -0.2) is 0 Å². The lowest BCUT2D eigenvalue weighted by Gasteiger charge is -2.33. The van der Waals surface area contributed by atoms with Gasteiger partial charge in [-0.05, 0) is 49.7 Å². The van der Waals surface area contributed by atoms with Crippen molar-refractivity contribution in [3.63, 3.8) is 0 Å². The van der Waals surface area contributed by atoms with E-state index in [2.05, 4.69) is 48.0 Å². The summed E-state index contributed by atoms with van der Waals surface area (Å²) < 4.78 is 0. The van der Waals surface area contributed by atoms with Gasteiger partial charge in [0.15, 0.2) is 5.82 Å². The second-order valence-corrected chi connectivity index (χ2v) is 5.80. The zero-order valence-electron chi connectivity index (χ0n) is 11.9. The normalized spacial score (nSPS) is 17.4. The molecule has 1 aliphatic heterocycles. The molecule has 0 bridgehead atoms. The van der Waals surface area contributed by atoms with E-state index in [0.717, 1.165) is 42.9 Å². The summed E-state index contributed by atoms with van der Waals surface area (Å²) in [4.78, 5) is 2.38. The SMILES string of the molecule is CCc1ccc(N2CCC(CC(C)C)CC2)nn1. The fraction of sp³-hybridized carbons (Fsp3) is 0.733. The Morgan fingerprint density at radius 3 is 2.44 bits per heavy atom. The van der Waals surface area contributed by atoms with Crippen LogP contribution in [-0.2, 0) is 6.42 Å². The summed E-state index contributed by atoms with van der Waals surface area (Å²) in [6, 6.07) is 4.22. The Hall–Kier alpha value is -1.12. The predicted molar refractivity (Wildman–Crippen MR) is 75.8 cm³/mol. The van der Waals surface area contributed by atoms with Gasteiger partial charge in [0.25, 0.3) is 0 Å². The third kappa shape index (κ3) is 3.44. The van der Waals surface area contributed by atoms with Gasteiger partial charge in [0.1, 0.15) is 0 Å². The van der Waals surface area contributed by atoms with Crippen LogP contribution in [-0.4, -0.2) is 23.3 Å². The lowest BCUT2D eigenvalue weighted by Crippen LogP contribution is -2.34. The highest BCUT2D eigenvalue weighted by atomic mass is 15.3. The minimum absolute atomic E-state index is 0.824. The molecule has 3 nitrogen and oxygen atoms in total. The summed E-state index contributed by atoms with van der Waals surface area (Å²) in [5.41, 5.74) is 1.08. The number of anilines is 1. The molecule has 0 N–H and O–H groups in total. The Bertz CT molecular complexity index is 351. The summed E-state index contributed by atoms with van der Waals surface area (Å²) in [7, 11) is 0. The second-order valence-electron chi connectivity index (χ2n) is 5.80. The monoisotopic (exact) mass is 247 g/mol. The molecule has 0 unspecified atom stereocenters. The zero-order chi connectivity index (χ0) is 13.0. The molecule has 0 saturated carbocycles. The highest BCUT2D eigenvalue weighted by Gasteiger charge is 2.20. The van der Waals surface area contributed by atoms with Crippen LogP contribution in [0.15, 0.2) is 12.1 Å². The second kappa shape index (κ2) is 6.17. The number of aryl methyl sites for hydroxylation is 1. The van der Waals surface area contributed by atoms with Gasteiger partial charge in [-0.15, -0.1) is 5.10 Å². The third-order valence-corrected chi connectivity index (χ3v) is 3.81. The minimum atomic E-state index is 0.824. The quantitative estimate of drug-likeness (QED) is 0.817. The molecule has 0 aliphatic carbocycles. The van der Waals surface area contributed by atoms with Crippen LogP contribution in [0.1, 0.15) is 45.7 Å². The van der Waals surface area contributed by atoms with Gasteiger partial charge < -0.3 is 4.90 Å². The third-order valence-electron chi connectivity index (χ3n) is 3.81. The van der Waals surface area contributed by atoms with Crippen LogP contribution in [0.2, 0.25) is 0 Å². The maximum absolute atomic E-state index is 4.34. The topological polar surface area (TPSA) is 29.0 Å². The van der Waals surface area contributed by atoms with Gasteiger partial charge in [0.05, 0.1) is 5.69 Å². The molecule has 0 radical (unpaired) electrons. The highest BCUT2D eigenvalue weighted by molar-refractivity contribution is 5.37. The summed E-state index contributed by atoms with van der Waals surface area (Å²) in [6.07, 6.45) is 4.93. The van der Waals surface area contributed by atoms with Gasteiger partial charge in [-0.3, -0.25) is 0 Å². The standard InChI is InChI=1S/C15H25N3/c1-4-14-5-6-15(17-16-14)18-9-7-13(8-10-18)11-12(2)3/h5-6,12-13H,4,7-11H2,1-3H3. The molecule has 2 rings (SSSR count). The van der Waals surface area contributed by atoms with Gasteiger partial charge in [-0.1, -0.05) is 20.8 Å². The summed E-state index contributed by atoms with van der Waals surface area (Å²) in [5, 5.41) is 8.58. The Morgan fingerprint density at radius 2 is 1.94 bits per heavy atom. The minimum Gasteiger partial charge on any atom is -0.355 e. The molecule has 0 amide bonds. The lowest BCUT2D eigenvalue weighted by molar-refractivity contribution is 0.337. The molecule has 0 spiro atoms. The average molecular weight is 247 g/mol. The van der Waals surface area contributed by atoms with Crippen LogP contribution in [0, 0.1) is 11.8 Å². The van der Waals surface area contributed by atoms with E-state index in [1.807, 2.05) is 0 Å². The van der Waals surface area contributed by atoms with Crippen molar-refractivity contribution >= 4 is 5.82 Å². The lowest BCUT2D eigenvalue weighted by atomic mass is 9.89. The number of hydrogen-bond donors (Lipinski definition) is 0. The van der Waals surface area contributed by atoms with E-state index < -0.39 is 0 Å². The molecule has 1 aliphatic rings. The number of piperidine rings is 1. The molecular weight excluding hydrogens is 222 g/mol. The van der Waals surface area contributed by atoms with Crippen LogP contribution in [0.5, 0.6) is 0 Å². The first kappa shape index (κ1) is 13.3. The number of hydrogen-bond acceptors (Lipinski definition) is 3. The van der Waals surface area contributed by atoms with Crippen LogP contribution in [0.3, 0.4) is 0 Å². The van der Waals surface area contributed by atoms with E-state index in [1.54, 1.807) is 0 Å². The Balaban J connectivity index is 1.88. The molecule has 2 heterocycles. The van der Waals surface area contributed by atoms with E-state index >= 15 is 0 Å². The van der Waals surface area contributed by atoms with Crippen molar-refractivity contribution in [2.45, 2.75) is 46.5 Å². The molecule has 0 atom stereocenters. The van der Waals surface area contributed by atoms with E-state index in [-0.39, 0.29) is 0 Å². The molecule has 1 saturated heterocycles. The summed E-state index contributed by atoms with van der Waals surface area (Å²) >= 11 is 0. The predicted octanol–water partition coefficient (Wildman–Crippen LogP) is 3.30. The van der Waals surface area contributed by atoms with Crippen molar-refractivity contribution in [2.24, 2.45) is 11.8 Å². The summed E-state index contributed by atoms with van der Waals surface area (Å²) in [5.74, 6) is 2.78. The molecule has 18 heavy (non-hydrogen) atoms. The van der Waals surface area contributed by atoms with Crippen LogP contribution < -0.4 is 4.90 Å². The van der Waals surface area contributed by atoms with Crippen molar-refractivity contribution in [1.82, 2.24) is 10.2 Å². The van der Waals surface area contributed by atoms with Gasteiger partial charge in [-0.2, -0.15) is 5.10 Å². The Morgan fingerprint density at radius 1 is 1.22 bits per heavy atom. The Labute approximate surface area is 111 Å². The first-order chi connectivity index (χ1) is 8.69. The fourth-order valence-corrected chi connectivity index (χ4v) is 2.77. The molecule has 1 aromatic rings. The van der Waals surface area contributed by atoms with Gasteiger partial charge >= 0.3 is 0 Å². The summed E-state index contributed by atoms with van der Waals surface area (Å²) in [6.45, 7) is 9.03. The van der Waals surface area contributed by atoms with E-state index in [1.165, 1.54) is 19.3 Å². The number of aromatic nitrogens is 2. The van der Waals surface area contributed by atoms with Crippen molar-refractivity contribution in [2.75, 3.05) is 18.0 Å². The number of rotatable bonds is 4. The van der Waals surface area contributed by atoms with Crippen molar-refractivity contribution < 1.29 is 0 Å². The van der Waals surface area contributed by atoms with E-state index in [9.17, 15) is 0 Å². The van der Waals surface area contributed by atoms with Crippen molar-refractivity contribution in [3.05, 3.63) is 17.8 Å². The van der Waals surface area contributed by atoms with E-state index in [4.69, 9.17) is 0 Å². The van der Waals surface area contributed by atoms with Crippen LogP contribution in [0.25, 0.3) is 0 Å². The van der Waals surface area contributed by atoms with Crippen molar-refractivity contribution in [1.29, 1.82) is 0 Å². The Kier molecular flexibility index (Phi) is 4.56. The van der Waals surface area contributed by atoms with Crippen LogP contribution in [0.4, 0.5) is 5.82 Å². The molecule has 3 heteroatoms. The first-order valence-corrected chi connectivity index (χ1v) is 7.26. The fourth-order valence-electron chi connectivity index (χ4n) is 2.77. The number of nitrogens with zero attached hydrogens (tertiary/aromatic N) is 3. The molecule has 100 valence electrons. The van der Waals surface area contributed by atoms with Crippen molar-refractivity contribution in [3.8, 4) is 0 Å².